The van der Waals surface area contributed by atoms with Gasteiger partial charge in [-0.3, -0.25) is 0 Å². The molecular formula is C17H30N4O2. The van der Waals surface area contributed by atoms with E-state index in [2.05, 4.69) is 41.4 Å². The van der Waals surface area contributed by atoms with Crippen LogP contribution in [-0.2, 0) is 6.54 Å². The van der Waals surface area contributed by atoms with Gasteiger partial charge in [0.1, 0.15) is 0 Å². The van der Waals surface area contributed by atoms with Crippen molar-refractivity contribution in [2.75, 3.05) is 47.4 Å². The minimum absolute atomic E-state index is 0.583. The van der Waals surface area contributed by atoms with Gasteiger partial charge in [0.25, 0.3) is 0 Å². The maximum absolute atomic E-state index is 5.32. The second-order valence-corrected chi connectivity index (χ2v) is 5.21. The van der Waals surface area contributed by atoms with Crippen LogP contribution in [-0.4, -0.2) is 58.3 Å². The zero-order valence-corrected chi connectivity index (χ0v) is 15.0. The second-order valence-electron chi connectivity index (χ2n) is 5.21. The van der Waals surface area contributed by atoms with Gasteiger partial charge in [0.2, 0.25) is 0 Å². The lowest BCUT2D eigenvalue weighted by atomic mass is 10.2. The van der Waals surface area contributed by atoms with Crippen molar-refractivity contribution in [1.29, 1.82) is 0 Å². The summed E-state index contributed by atoms with van der Waals surface area (Å²) in [5.41, 5.74) is 1.07. The Labute approximate surface area is 139 Å². The molecule has 0 radical (unpaired) electrons. The monoisotopic (exact) mass is 322 g/mol. The fourth-order valence-electron chi connectivity index (χ4n) is 2.01. The molecule has 1 rings (SSSR count). The molecule has 0 bridgehead atoms. The van der Waals surface area contributed by atoms with Gasteiger partial charge in [-0.2, -0.15) is 0 Å². The van der Waals surface area contributed by atoms with Crippen LogP contribution < -0.4 is 20.1 Å². The number of rotatable bonds is 9. The third kappa shape index (κ3) is 6.78. The number of aliphatic imine (C=N–C) groups is 1. The topological polar surface area (TPSA) is 58.1 Å². The number of ether oxygens (including phenoxy) is 2. The van der Waals surface area contributed by atoms with Crippen molar-refractivity contribution in [2.24, 2.45) is 4.99 Å². The summed E-state index contributed by atoms with van der Waals surface area (Å²) in [4.78, 5) is 6.87. The molecule has 0 heterocycles. The van der Waals surface area contributed by atoms with Gasteiger partial charge in [-0.1, -0.05) is 13.0 Å². The number of likely N-dealkylation sites (N-methyl/N-ethyl adjacent to an activating group) is 1. The lowest BCUT2D eigenvalue weighted by Crippen LogP contribution is -2.40. The number of methoxy groups -OCH3 is 2. The Morgan fingerprint density at radius 3 is 2.48 bits per heavy atom. The van der Waals surface area contributed by atoms with Gasteiger partial charge < -0.3 is 25.0 Å². The van der Waals surface area contributed by atoms with E-state index in [1.54, 1.807) is 14.2 Å². The van der Waals surface area contributed by atoms with E-state index >= 15 is 0 Å². The molecule has 0 aliphatic carbocycles. The van der Waals surface area contributed by atoms with Crippen LogP contribution in [0.25, 0.3) is 0 Å². The molecular weight excluding hydrogens is 292 g/mol. The molecule has 0 unspecified atom stereocenters. The number of hydrogen-bond donors (Lipinski definition) is 2. The van der Waals surface area contributed by atoms with Crippen molar-refractivity contribution >= 4 is 5.96 Å². The third-order valence-electron chi connectivity index (χ3n) is 3.54. The summed E-state index contributed by atoms with van der Waals surface area (Å²) in [5, 5.41) is 6.61. The lowest BCUT2D eigenvalue weighted by Gasteiger charge is -2.16. The highest BCUT2D eigenvalue weighted by atomic mass is 16.5. The summed E-state index contributed by atoms with van der Waals surface area (Å²) >= 11 is 0. The Morgan fingerprint density at radius 1 is 1.13 bits per heavy atom. The van der Waals surface area contributed by atoms with E-state index in [1.807, 2.05) is 18.2 Å². The molecule has 1 aromatic rings. The van der Waals surface area contributed by atoms with Crippen LogP contribution in [0.15, 0.2) is 23.2 Å². The van der Waals surface area contributed by atoms with Gasteiger partial charge in [-0.05, 0) is 38.2 Å². The summed E-state index contributed by atoms with van der Waals surface area (Å²) in [7, 11) is 5.38. The molecule has 0 aliphatic rings. The average Bonchev–Trinajstić information content (AvgIpc) is 2.58. The molecule has 0 saturated carbocycles. The fourth-order valence-corrected chi connectivity index (χ4v) is 2.01. The molecule has 130 valence electrons. The van der Waals surface area contributed by atoms with Crippen LogP contribution in [0.2, 0.25) is 0 Å². The predicted octanol–water partition coefficient (Wildman–Crippen LogP) is 1.71. The van der Waals surface area contributed by atoms with Crippen LogP contribution in [0.3, 0.4) is 0 Å². The molecule has 0 saturated heterocycles. The Morgan fingerprint density at radius 2 is 1.87 bits per heavy atom. The van der Waals surface area contributed by atoms with Crippen LogP contribution in [0, 0.1) is 0 Å². The van der Waals surface area contributed by atoms with Gasteiger partial charge >= 0.3 is 0 Å². The molecule has 6 heteroatoms. The first kappa shape index (κ1) is 19.1. The maximum Gasteiger partial charge on any atom is 0.191 e. The number of benzene rings is 1. The van der Waals surface area contributed by atoms with E-state index in [4.69, 9.17) is 9.47 Å². The molecule has 1 aromatic carbocycles. The highest BCUT2D eigenvalue weighted by Gasteiger charge is 2.05. The van der Waals surface area contributed by atoms with E-state index in [1.165, 1.54) is 0 Å². The standard InChI is InChI=1S/C17H30N4O2/c1-6-18-17(19-10-11-21(3)7-2)20-13-14-8-9-15(22-4)16(12-14)23-5/h8-9,12H,6-7,10-11,13H2,1-5H3,(H2,18,19,20). The SMILES string of the molecule is CCNC(=NCc1ccc(OC)c(OC)c1)NCCN(C)CC. The van der Waals surface area contributed by atoms with Crippen molar-refractivity contribution in [3.05, 3.63) is 23.8 Å². The third-order valence-corrected chi connectivity index (χ3v) is 3.54. The molecule has 23 heavy (non-hydrogen) atoms. The lowest BCUT2D eigenvalue weighted by molar-refractivity contribution is 0.354. The van der Waals surface area contributed by atoms with Gasteiger partial charge in [-0.15, -0.1) is 0 Å². The number of hydrogen-bond acceptors (Lipinski definition) is 4. The average molecular weight is 322 g/mol. The molecule has 6 nitrogen and oxygen atoms in total. The van der Waals surface area contributed by atoms with E-state index in [0.29, 0.717) is 6.54 Å². The minimum Gasteiger partial charge on any atom is -0.493 e. The Hall–Kier alpha value is -1.95. The number of nitrogens with one attached hydrogen (secondary N) is 2. The predicted molar refractivity (Wildman–Crippen MR) is 95.5 cm³/mol. The smallest absolute Gasteiger partial charge is 0.191 e. The van der Waals surface area contributed by atoms with E-state index in [-0.39, 0.29) is 0 Å². The fraction of sp³-hybridized carbons (Fsp3) is 0.588. The second kappa shape index (κ2) is 10.7. The van der Waals surface area contributed by atoms with Crippen molar-refractivity contribution < 1.29 is 9.47 Å². The number of nitrogens with zero attached hydrogens (tertiary/aromatic N) is 2. The molecule has 0 aliphatic heterocycles. The van der Waals surface area contributed by atoms with E-state index < -0.39 is 0 Å². The van der Waals surface area contributed by atoms with Gasteiger partial charge in [0.15, 0.2) is 17.5 Å². The zero-order valence-electron chi connectivity index (χ0n) is 15.0. The first-order valence-electron chi connectivity index (χ1n) is 8.06. The largest absolute Gasteiger partial charge is 0.493 e. The highest BCUT2D eigenvalue weighted by Crippen LogP contribution is 2.27. The first-order chi connectivity index (χ1) is 11.1. The molecule has 2 N–H and O–H groups in total. The molecule has 0 amide bonds. The summed E-state index contributed by atoms with van der Waals surface area (Å²) < 4.78 is 10.6. The van der Waals surface area contributed by atoms with Gasteiger partial charge in [0.05, 0.1) is 20.8 Å². The molecule has 0 spiro atoms. The Bertz CT molecular complexity index is 491. The zero-order chi connectivity index (χ0) is 17.1. The summed E-state index contributed by atoms with van der Waals surface area (Å²) in [5.74, 6) is 2.28. The summed E-state index contributed by atoms with van der Waals surface area (Å²) in [6.45, 7) is 8.52. The van der Waals surface area contributed by atoms with Crippen LogP contribution in [0.4, 0.5) is 0 Å². The first-order valence-corrected chi connectivity index (χ1v) is 8.06. The normalized spacial score (nSPS) is 11.5. The van der Waals surface area contributed by atoms with Gasteiger partial charge in [-0.25, -0.2) is 4.99 Å². The summed E-state index contributed by atoms with van der Waals surface area (Å²) in [6.07, 6.45) is 0. The Kier molecular flexibility index (Phi) is 8.90. The number of guanidine groups is 1. The van der Waals surface area contributed by atoms with Gasteiger partial charge in [0, 0.05) is 19.6 Å². The molecule has 0 aromatic heterocycles. The van der Waals surface area contributed by atoms with Crippen molar-refractivity contribution in [1.82, 2.24) is 15.5 Å². The van der Waals surface area contributed by atoms with Crippen LogP contribution >= 0.6 is 0 Å². The molecule has 0 fully saturated rings. The van der Waals surface area contributed by atoms with E-state index in [0.717, 1.165) is 49.2 Å². The Balaban J connectivity index is 2.65. The van der Waals surface area contributed by atoms with Crippen molar-refractivity contribution in [2.45, 2.75) is 20.4 Å². The van der Waals surface area contributed by atoms with Crippen molar-refractivity contribution in [3.8, 4) is 11.5 Å². The van der Waals surface area contributed by atoms with Crippen molar-refractivity contribution in [3.63, 3.8) is 0 Å². The van der Waals surface area contributed by atoms with Crippen LogP contribution in [0.1, 0.15) is 19.4 Å². The maximum atomic E-state index is 5.32. The molecule has 0 atom stereocenters. The minimum atomic E-state index is 0.583. The van der Waals surface area contributed by atoms with E-state index in [9.17, 15) is 0 Å². The van der Waals surface area contributed by atoms with Crippen LogP contribution in [0.5, 0.6) is 11.5 Å². The highest BCUT2D eigenvalue weighted by molar-refractivity contribution is 5.79. The quantitative estimate of drug-likeness (QED) is 0.535. The summed E-state index contributed by atoms with van der Waals surface area (Å²) in [6, 6.07) is 5.86.